The maximum Gasteiger partial charge on any atom is 0.320 e. The van der Waals surface area contributed by atoms with Gasteiger partial charge in [0.1, 0.15) is 12.2 Å². The predicted octanol–water partition coefficient (Wildman–Crippen LogP) is 6.19. The number of rotatable bonds is 8. The number of carboxylic acids is 1. The summed E-state index contributed by atoms with van der Waals surface area (Å²) >= 11 is 0. The molecule has 0 aromatic heterocycles. The SMILES string of the molecule is CC(=O)O[C@@H]1C[C@@]23COC[C@@](C)([C@@H]2CC[C@H]2C3=CC[C@@]3(C)[C@H](C(=O)O)[C@@](C)([C@H](C)C(C)C)CC[C@]23C)[C@H]1OC(=O)CNC1CCOCC1. The van der Waals surface area contributed by atoms with E-state index in [0.29, 0.717) is 45.2 Å². The Labute approximate surface area is 287 Å². The van der Waals surface area contributed by atoms with Gasteiger partial charge in [-0.05, 0) is 91.3 Å². The molecule has 0 unspecified atom stereocenters. The van der Waals surface area contributed by atoms with Crippen molar-refractivity contribution in [3.05, 3.63) is 11.6 Å². The molecule has 6 aliphatic rings. The molecule has 2 N–H and O–H groups in total. The molecule has 5 fully saturated rings. The van der Waals surface area contributed by atoms with Crippen LogP contribution in [0.4, 0.5) is 0 Å². The van der Waals surface area contributed by atoms with Crippen molar-refractivity contribution in [2.75, 3.05) is 33.0 Å². The average molecular weight is 672 g/mol. The van der Waals surface area contributed by atoms with Crippen LogP contribution in [0.5, 0.6) is 0 Å². The Morgan fingerprint density at radius 2 is 1.67 bits per heavy atom. The fourth-order valence-corrected chi connectivity index (χ4v) is 12.4. The Balaban J connectivity index is 1.34. The van der Waals surface area contributed by atoms with E-state index in [1.54, 1.807) is 0 Å². The summed E-state index contributed by atoms with van der Waals surface area (Å²) in [6.07, 6.45) is 7.92. The number of carbonyl (C=O) groups is 3. The molecule has 0 aromatic carbocycles. The predicted molar refractivity (Wildman–Crippen MR) is 181 cm³/mol. The van der Waals surface area contributed by atoms with Gasteiger partial charge in [0.25, 0.3) is 0 Å². The van der Waals surface area contributed by atoms with Gasteiger partial charge in [0.2, 0.25) is 0 Å². The first kappa shape index (κ1) is 35.8. The molecule has 11 atom stereocenters. The Morgan fingerprint density at radius 1 is 0.958 bits per heavy atom. The van der Waals surface area contributed by atoms with Crippen molar-refractivity contribution in [1.29, 1.82) is 0 Å². The van der Waals surface area contributed by atoms with Gasteiger partial charge in [-0.15, -0.1) is 0 Å². The average Bonchev–Trinajstić information content (AvgIpc) is 3.02. The third-order valence-corrected chi connectivity index (χ3v) is 15.4. The van der Waals surface area contributed by atoms with Crippen LogP contribution in [0, 0.1) is 56.7 Å². The Bertz CT molecular complexity index is 1310. The molecule has 9 nitrogen and oxygen atoms in total. The summed E-state index contributed by atoms with van der Waals surface area (Å²) in [5.41, 5.74) is -0.458. The normalized spacial score (nSPS) is 44.8. The van der Waals surface area contributed by atoms with Crippen molar-refractivity contribution in [1.82, 2.24) is 5.32 Å². The summed E-state index contributed by atoms with van der Waals surface area (Å²) in [5.74, 6) is -0.768. The van der Waals surface area contributed by atoms with Crippen LogP contribution in [0.2, 0.25) is 0 Å². The van der Waals surface area contributed by atoms with Crippen LogP contribution in [-0.4, -0.2) is 74.2 Å². The van der Waals surface area contributed by atoms with Gasteiger partial charge in [0.05, 0.1) is 25.7 Å². The molecule has 0 radical (unpaired) electrons. The van der Waals surface area contributed by atoms with Crippen molar-refractivity contribution < 1.29 is 38.4 Å². The largest absolute Gasteiger partial charge is 0.481 e. The summed E-state index contributed by atoms with van der Waals surface area (Å²) in [7, 11) is 0. The van der Waals surface area contributed by atoms with Crippen LogP contribution >= 0.6 is 0 Å². The van der Waals surface area contributed by atoms with Crippen molar-refractivity contribution in [2.45, 2.75) is 125 Å². The number of carboxylic acid groups (broad SMARTS) is 1. The maximum absolute atomic E-state index is 13.4. The number of ether oxygens (including phenoxy) is 4. The Hall–Kier alpha value is -1.97. The second-order valence-corrected chi connectivity index (χ2v) is 17.9. The molecule has 48 heavy (non-hydrogen) atoms. The van der Waals surface area contributed by atoms with Crippen LogP contribution in [0.15, 0.2) is 11.6 Å². The van der Waals surface area contributed by atoms with Crippen LogP contribution in [0.3, 0.4) is 0 Å². The molecule has 0 spiro atoms. The third kappa shape index (κ3) is 5.39. The molecular weight excluding hydrogens is 610 g/mol. The molecular formula is C39H61NO8. The van der Waals surface area contributed by atoms with E-state index in [0.717, 1.165) is 38.5 Å². The lowest BCUT2D eigenvalue weighted by Gasteiger charge is -2.71. The first-order valence-electron chi connectivity index (χ1n) is 18.7. The summed E-state index contributed by atoms with van der Waals surface area (Å²) in [6.45, 7) is 19.6. The molecule has 0 aromatic rings. The summed E-state index contributed by atoms with van der Waals surface area (Å²) in [5, 5.41) is 14.3. The Morgan fingerprint density at radius 3 is 2.31 bits per heavy atom. The van der Waals surface area contributed by atoms with Crippen LogP contribution in [0.25, 0.3) is 0 Å². The lowest BCUT2D eigenvalue weighted by molar-refractivity contribution is -0.263. The lowest BCUT2D eigenvalue weighted by atomic mass is 9.34. The zero-order valence-electron chi connectivity index (χ0n) is 30.7. The second kappa shape index (κ2) is 12.7. The van der Waals surface area contributed by atoms with Crippen molar-refractivity contribution >= 4 is 17.9 Å². The van der Waals surface area contributed by atoms with E-state index >= 15 is 0 Å². The van der Waals surface area contributed by atoms with E-state index in [2.05, 4.69) is 59.9 Å². The fourth-order valence-electron chi connectivity index (χ4n) is 12.4. The van der Waals surface area contributed by atoms with Gasteiger partial charge < -0.3 is 29.4 Å². The highest BCUT2D eigenvalue weighted by Gasteiger charge is 2.72. The van der Waals surface area contributed by atoms with Gasteiger partial charge >= 0.3 is 17.9 Å². The fraction of sp³-hybridized carbons (Fsp3) is 0.872. The molecule has 2 saturated heterocycles. The zero-order chi connectivity index (χ0) is 34.9. The molecule has 2 aliphatic heterocycles. The quantitative estimate of drug-likeness (QED) is 0.230. The van der Waals surface area contributed by atoms with E-state index < -0.39 is 34.9 Å². The molecule has 2 heterocycles. The molecule has 6 rings (SSSR count). The topological polar surface area (TPSA) is 120 Å². The number of esters is 2. The highest BCUT2D eigenvalue weighted by Crippen LogP contribution is 2.75. The van der Waals surface area contributed by atoms with Gasteiger partial charge in [0, 0.05) is 37.0 Å². The van der Waals surface area contributed by atoms with E-state index in [-0.39, 0.29) is 58.5 Å². The number of aliphatic carboxylic acids is 1. The van der Waals surface area contributed by atoms with Gasteiger partial charge in [-0.2, -0.15) is 0 Å². The lowest BCUT2D eigenvalue weighted by Crippen LogP contribution is -2.70. The number of carbonyl (C=O) groups excluding carboxylic acids is 2. The summed E-state index contributed by atoms with van der Waals surface area (Å²) < 4.78 is 24.4. The monoisotopic (exact) mass is 671 g/mol. The number of hydrogen-bond acceptors (Lipinski definition) is 8. The van der Waals surface area contributed by atoms with Gasteiger partial charge in [0.15, 0.2) is 0 Å². The van der Waals surface area contributed by atoms with Gasteiger partial charge in [-0.3, -0.25) is 14.4 Å². The van der Waals surface area contributed by atoms with Crippen LogP contribution in [0.1, 0.15) is 107 Å². The number of nitrogens with one attached hydrogen (secondary N) is 1. The van der Waals surface area contributed by atoms with Crippen LogP contribution in [-0.2, 0) is 33.3 Å². The zero-order valence-corrected chi connectivity index (χ0v) is 30.7. The maximum atomic E-state index is 13.4. The minimum Gasteiger partial charge on any atom is -0.481 e. The molecule has 9 heteroatoms. The smallest absolute Gasteiger partial charge is 0.320 e. The standard InChI is InChI=1S/C39H61NO8/c1-23(2)24(3)35(5)15-16-37(7)27-9-10-30-36(6)21-46-22-39(30,28(27)11-14-38(37,8)32(35)34(43)44)19-29(47-25(4)41)33(36)48-31(42)20-40-26-12-17-45-18-13-26/h11,23-24,26-27,29-30,32-33,40H,9-10,12-22H2,1-8H3,(H,43,44)/t24-,27+,29-,30+,32-,33+,35-,36+,37-,38+,39+/m1/s1. The Kier molecular flexibility index (Phi) is 9.46. The highest BCUT2D eigenvalue weighted by atomic mass is 16.6. The first-order valence-corrected chi connectivity index (χ1v) is 18.7. The van der Waals surface area contributed by atoms with Crippen molar-refractivity contribution in [3.63, 3.8) is 0 Å². The number of allylic oxidation sites excluding steroid dienone is 1. The van der Waals surface area contributed by atoms with Crippen molar-refractivity contribution in [3.8, 4) is 0 Å². The van der Waals surface area contributed by atoms with Gasteiger partial charge in [-0.1, -0.05) is 60.1 Å². The minimum atomic E-state index is -0.667. The molecule has 3 saturated carbocycles. The van der Waals surface area contributed by atoms with Crippen molar-refractivity contribution in [2.24, 2.45) is 56.7 Å². The second-order valence-electron chi connectivity index (χ2n) is 17.9. The molecule has 4 aliphatic carbocycles. The molecule has 2 bridgehead atoms. The molecule has 270 valence electrons. The van der Waals surface area contributed by atoms with E-state index in [4.69, 9.17) is 18.9 Å². The van der Waals surface area contributed by atoms with E-state index in [1.165, 1.54) is 12.5 Å². The minimum absolute atomic E-state index is 0.101. The van der Waals surface area contributed by atoms with E-state index in [9.17, 15) is 19.5 Å². The van der Waals surface area contributed by atoms with Gasteiger partial charge in [-0.25, -0.2) is 0 Å². The summed E-state index contributed by atoms with van der Waals surface area (Å²) in [4.78, 5) is 39.3. The first-order chi connectivity index (χ1) is 22.5. The highest BCUT2D eigenvalue weighted by molar-refractivity contribution is 5.73. The number of hydrogen-bond donors (Lipinski definition) is 2. The molecule has 0 amide bonds. The van der Waals surface area contributed by atoms with E-state index in [1.807, 2.05) is 0 Å². The summed E-state index contributed by atoms with van der Waals surface area (Å²) in [6, 6.07) is 0.218. The third-order valence-electron chi connectivity index (χ3n) is 15.4. The number of fused-ring (bicyclic) bond motifs is 3. The van der Waals surface area contributed by atoms with Crippen LogP contribution < -0.4 is 5.32 Å².